The van der Waals surface area contributed by atoms with Crippen LogP contribution in [0.3, 0.4) is 0 Å². The van der Waals surface area contributed by atoms with Gasteiger partial charge in [0.1, 0.15) is 11.4 Å². The number of carbonyl (C=O) groups is 1. The number of amides is 2. The van der Waals surface area contributed by atoms with E-state index < -0.39 is 6.03 Å². The molecule has 2 amide bonds. The Hall–Kier alpha value is -2.41. The van der Waals surface area contributed by atoms with Crippen LogP contribution in [-0.4, -0.2) is 34.5 Å². The summed E-state index contributed by atoms with van der Waals surface area (Å²) in [4.78, 5) is 10.5. The smallest absolute Gasteiger partial charge is 0.312 e. The molecule has 2 aromatic rings. The molecule has 1 heterocycles. The van der Waals surface area contributed by atoms with E-state index >= 15 is 0 Å². The van der Waals surface area contributed by atoms with Gasteiger partial charge in [0.2, 0.25) is 0 Å². The average Bonchev–Trinajstić information content (AvgIpc) is 2.87. The molecule has 19 heavy (non-hydrogen) atoms. The van der Waals surface area contributed by atoms with Crippen molar-refractivity contribution in [1.29, 1.82) is 0 Å². The second-order valence-corrected chi connectivity index (χ2v) is 3.95. The Kier molecular flexibility index (Phi) is 4.46. The first-order valence-corrected chi connectivity index (χ1v) is 5.96. The predicted octanol–water partition coefficient (Wildman–Crippen LogP) is 0.230. The summed E-state index contributed by atoms with van der Waals surface area (Å²) in [6.45, 7) is 1.67. The van der Waals surface area contributed by atoms with E-state index in [0.29, 0.717) is 19.6 Å². The number of H-pyrrole nitrogens is 1. The topological polar surface area (TPSA) is 109 Å². The maximum atomic E-state index is 10.5. The Labute approximate surface area is 110 Å². The number of aromatic nitrogens is 3. The van der Waals surface area contributed by atoms with Crippen LogP contribution in [0.1, 0.15) is 5.69 Å². The summed E-state index contributed by atoms with van der Waals surface area (Å²) in [5, 5.41) is 16.6. The molecule has 7 heteroatoms. The van der Waals surface area contributed by atoms with Crippen molar-refractivity contribution in [2.45, 2.75) is 6.54 Å². The lowest BCUT2D eigenvalue weighted by Crippen LogP contribution is -2.35. The Balaban J connectivity index is 1.88. The Morgan fingerprint density at radius 3 is 2.74 bits per heavy atom. The molecular formula is C12H16N6O. The molecule has 0 aliphatic rings. The second-order valence-electron chi connectivity index (χ2n) is 3.95. The summed E-state index contributed by atoms with van der Waals surface area (Å²) in [6, 6.07) is 9.31. The summed E-state index contributed by atoms with van der Waals surface area (Å²) in [7, 11) is 0. The van der Waals surface area contributed by atoms with Gasteiger partial charge in [-0.25, -0.2) is 4.79 Å². The lowest BCUT2D eigenvalue weighted by Gasteiger charge is -2.04. The third-order valence-corrected chi connectivity index (χ3v) is 2.56. The third kappa shape index (κ3) is 3.78. The molecular weight excluding hydrogens is 244 g/mol. The molecule has 5 N–H and O–H groups in total. The van der Waals surface area contributed by atoms with E-state index in [0.717, 1.165) is 17.0 Å². The third-order valence-electron chi connectivity index (χ3n) is 2.56. The van der Waals surface area contributed by atoms with E-state index in [-0.39, 0.29) is 0 Å². The van der Waals surface area contributed by atoms with E-state index in [1.54, 1.807) is 0 Å². The van der Waals surface area contributed by atoms with Crippen molar-refractivity contribution in [1.82, 2.24) is 26.0 Å². The minimum absolute atomic E-state index is 0.480. The Morgan fingerprint density at radius 2 is 2.00 bits per heavy atom. The van der Waals surface area contributed by atoms with Crippen molar-refractivity contribution in [2.75, 3.05) is 13.1 Å². The number of hydrogen-bond acceptors (Lipinski definition) is 4. The largest absolute Gasteiger partial charge is 0.352 e. The first-order chi connectivity index (χ1) is 9.27. The highest BCUT2D eigenvalue weighted by Gasteiger charge is 2.08. The predicted molar refractivity (Wildman–Crippen MR) is 71.1 cm³/mol. The van der Waals surface area contributed by atoms with Gasteiger partial charge in [-0.05, 0) is 0 Å². The van der Waals surface area contributed by atoms with E-state index in [1.807, 2.05) is 30.3 Å². The molecule has 0 spiro atoms. The van der Waals surface area contributed by atoms with Crippen LogP contribution in [0, 0.1) is 0 Å². The number of aromatic amines is 1. The highest BCUT2D eigenvalue weighted by Crippen LogP contribution is 2.18. The van der Waals surface area contributed by atoms with Crippen LogP contribution >= 0.6 is 0 Å². The van der Waals surface area contributed by atoms with Gasteiger partial charge in [0.05, 0.1) is 0 Å². The monoisotopic (exact) mass is 260 g/mol. The van der Waals surface area contributed by atoms with E-state index in [1.165, 1.54) is 0 Å². The molecule has 0 aliphatic heterocycles. The summed E-state index contributed by atoms with van der Waals surface area (Å²) >= 11 is 0. The zero-order chi connectivity index (χ0) is 13.5. The fraction of sp³-hybridized carbons (Fsp3) is 0.250. The van der Waals surface area contributed by atoms with Crippen LogP contribution in [0.5, 0.6) is 0 Å². The van der Waals surface area contributed by atoms with Gasteiger partial charge >= 0.3 is 6.03 Å². The summed E-state index contributed by atoms with van der Waals surface area (Å²) < 4.78 is 0. The molecule has 0 atom stereocenters. The minimum Gasteiger partial charge on any atom is -0.352 e. The van der Waals surface area contributed by atoms with Gasteiger partial charge < -0.3 is 16.4 Å². The number of nitrogens with one attached hydrogen (secondary N) is 3. The van der Waals surface area contributed by atoms with Gasteiger partial charge in [-0.3, -0.25) is 0 Å². The second kappa shape index (κ2) is 6.50. The molecule has 2 rings (SSSR count). The van der Waals surface area contributed by atoms with Crippen molar-refractivity contribution >= 4 is 6.03 Å². The average molecular weight is 260 g/mol. The van der Waals surface area contributed by atoms with Crippen LogP contribution in [0.2, 0.25) is 0 Å². The van der Waals surface area contributed by atoms with Crippen molar-refractivity contribution < 1.29 is 4.79 Å². The van der Waals surface area contributed by atoms with Gasteiger partial charge in [0.15, 0.2) is 0 Å². The first-order valence-electron chi connectivity index (χ1n) is 5.96. The molecule has 0 saturated carbocycles. The minimum atomic E-state index is -0.520. The number of urea groups is 1. The van der Waals surface area contributed by atoms with Gasteiger partial charge in [-0.2, -0.15) is 15.4 Å². The number of nitrogens with zero attached hydrogens (tertiary/aromatic N) is 2. The zero-order valence-corrected chi connectivity index (χ0v) is 10.4. The van der Waals surface area contributed by atoms with Gasteiger partial charge in [-0.15, -0.1) is 0 Å². The molecule has 0 unspecified atom stereocenters. The molecule has 0 aliphatic carbocycles. The van der Waals surface area contributed by atoms with Crippen LogP contribution < -0.4 is 16.4 Å². The lowest BCUT2D eigenvalue weighted by molar-refractivity contribution is 0.249. The van der Waals surface area contributed by atoms with Crippen LogP contribution in [0.15, 0.2) is 30.3 Å². The highest BCUT2D eigenvalue weighted by molar-refractivity contribution is 5.71. The fourth-order valence-corrected chi connectivity index (χ4v) is 1.68. The van der Waals surface area contributed by atoms with Crippen molar-refractivity contribution in [3.63, 3.8) is 0 Å². The fourth-order valence-electron chi connectivity index (χ4n) is 1.68. The van der Waals surface area contributed by atoms with Crippen molar-refractivity contribution in [3.8, 4) is 11.3 Å². The number of benzene rings is 1. The number of nitrogens with two attached hydrogens (primary N) is 1. The maximum Gasteiger partial charge on any atom is 0.312 e. The first kappa shape index (κ1) is 13.0. The normalized spacial score (nSPS) is 10.3. The molecule has 0 saturated heterocycles. The van der Waals surface area contributed by atoms with Gasteiger partial charge in [0.25, 0.3) is 0 Å². The molecule has 7 nitrogen and oxygen atoms in total. The molecule has 1 aromatic heterocycles. The molecule has 0 fully saturated rings. The summed E-state index contributed by atoms with van der Waals surface area (Å²) in [5.41, 5.74) is 7.65. The SMILES string of the molecule is NC(=O)NCCNCc1n[nH]nc1-c1ccccc1. The lowest BCUT2D eigenvalue weighted by atomic mass is 10.1. The van der Waals surface area contributed by atoms with Gasteiger partial charge in [-0.1, -0.05) is 30.3 Å². The van der Waals surface area contributed by atoms with Crippen LogP contribution in [0.25, 0.3) is 11.3 Å². The summed E-state index contributed by atoms with van der Waals surface area (Å²) in [5.74, 6) is 0. The van der Waals surface area contributed by atoms with Crippen molar-refractivity contribution in [2.24, 2.45) is 5.73 Å². The van der Waals surface area contributed by atoms with Gasteiger partial charge in [0, 0.05) is 25.2 Å². The van der Waals surface area contributed by atoms with Crippen LogP contribution in [0.4, 0.5) is 4.79 Å². The van der Waals surface area contributed by atoms with Crippen molar-refractivity contribution in [3.05, 3.63) is 36.0 Å². The number of hydrogen-bond donors (Lipinski definition) is 4. The van der Waals surface area contributed by atoms with E-state index in [2.05, 4.69) is 26.0 Å². The molecule has 100 valence electrons. The number of carbonyl (C=O) groups excluding carboxylic acids is 1. The number of primary amides is 1. The maximum absolute atomic E-state index is 10.5. The van der Waals surface area contributed by atoms with E-state index in [4.69, 9.17) is 5.73 Å². The zero-order valence-electron chi connectivity index (χ0n) is 10.4. The molecule has 0 radical (unpaired) electrons. The quantitative estimate of drug-likeness (QED) is 0.557. The standard InChI is InChI=1S/C12H16N6O/c13-12(19)15-7-6-14-8-10-11(17-18-16-10)9-4-2-1-3-5-9/h1-5,14H,6-8H2,(H3,13,15,19)(H,16,17,18). The Bertz CT molecular complexity index is 524. The number of rotatable bonds is 6. The van der Waals surface area contributed by atoms with Crippen LogP contribution in [-0.2, 0) is 6.54 Å². The highest BCUT2D eigenvalue weighted by atomic mass is 16.2. The molecule has 0 bridgehead atoms. The van der Waals surface area contributed by atoms with E-state index in [9.17, 15) is 4.79 Å². The molecule has 1 aromatic carbocycles. The summed E-state index contributed by atoms with van der Waals surface area (Å²) in [6.07, 6.45) is 0. The Morgan fingerprint density at radius 1 is 1.21 bits per heavy atom.